The number of hydrogen-bond donors (Lipinski definition) is 4. The van der Waals surface area contributed by atoms with Crippen LogP contribution in [0, 0.1) is 0 Å². The number of rotatable bonds is 5. The zero-order valence-electron chi connectivity index (χ0n) is 15.4. The minimum Gasteiger partial charge on any atom is -0.479 e. The van der Waals surface area contributed by atoms with Crippen molar-refractivity contribution in [3.05, 3.63) is 47.8 Å². The van der Waals surface area contributed by atoms with Gasteiger partial charge in [-0.2, -0.15) is 5.10 Å². The highest BCUT2D eigenvalue weighted by Gasteiger charge is 2.43. The molecule has 4 N–H and O–H groups in total. The molecule has 0 bridgehead atoms. The topological polar surface area (TPSA) is 142 Å². The van der Waals surface area contributed by atoms with Crippen molar-refractivity contribution in [3.8, 4) is 0 Å². The lowest BCUT2D eigenvalue weighted by atomic mass is 9.91. The molecule has 2 heterocycles. The SMILES string of the molecule is CC1(c2cccc(C(=O)Nc3cnn(C(C)(C)C(=O)O)c3)c2)NC(=O)NC1=O. The number of nitrogens with zero attached hydrogens (tertiary/aromatic N) is 2. The molecule has 1 aliphatic heterocycles. The van der Waals surface area contributed by atoms with Crippen LogP contribution in [0.15, 0.2) is 36.7 Å². The maximum Gasteiger partial charge on any atom is 0.331 e. The Balaban J connectivity index is 1.81. The van der Waals surface area contributed by atoms with E-state index >= 15 is 0 Å². The largest absolute Gasteiger partial charge is 0.479 e. The van der Waals surface area contributed by atoms with Gasteiger partial charge in [0.05, 0.1) is 11.9 Å². The van der Waals surface area contributed by atoms with E-state index in [0.717, 1.165) is 0 Å². The Labute approximate surface area is 159 Å². The third-order valence-electron chi connectivity index (χ3n) is 4.68. The molecule has 0 spiro atoms. The van der Waals surface area contributed by atoms with Crippen molar-refractivity contribution < 1.29 is 24.3 Å². The molecule has 1 unspecified atom stereocenters. The Bertz CT molecular complexity index is 996. The molecule has 0 aliphatic carbocycles. The number of carboxylic acid groups (broad SMARTS) is 1. The van der Waals surface area contributed by atoms with Crippen LogP contribution < -0.4 is 16.0 Å². The fourth-order valence-corrected chi connectivity index (χ4v) is 2.71. The van der Waals surface area contributed by atoms with E-state index in [1.54, 1.807) is 25.1 Å². The summed E-state index contributed by atoms with van der Waals surface area (Å²) in [4.78, 5) is 47.4. The predicted octanol–water partition coefficient (Wildman–Crippen LogP) is 1.01. The third kappa shape index (κ3) is 3.20. The van der Waals surface area contributed by atoms with Gasteiger partial charge >= 0.3 is 12.0 Å². The Morgan fingerprint density at radius 1 is 1.29 bits per heavy atom. The van der Waals surface area contributed by atoms with Crippen LogP contribution in [0.4, 0.5) is 10.5 Å². The molecule has 10 nitrogen and oxygen atoms in total. The highest BCUT2D eigenvalue weighted by molar-refractivity contribution is 6.08. The maximum atomic E-state index is 12.6. The molecule has 1 aromatic heterocycles. The van der Waals surface area contributed by atoms with E-state index in [2.05, 4.69) is 21.0 Å². The lowest BCUT2D eigenvalue weighted by Crippen LogP contribution is -2.40. The predicted molar refractivity (Wildman–Crippen MR) is 97.6 cm³/mol. The molecule has 0 radical (unpaired) electrons. The minimum absolute atomic E-state index is 0.262. The molecule has 4 amide bonds. The summed E-state index contributed by atoms with van der Waals surface area (Å²) >= 11 is 0. The van der Waals surface area contributed by atoms with Gasteiger partial charge in [-0.05, 0) is 38.5 Å². The van der Waals surface area contributed by atoms with Crippen LogP contribution in [0.2, 0.25) is 0 Å². The van der Waals surface area contributed by atoms with Crippen molar-refractivity contribution in [1.82, 2.24) is 20.4 Å². The number of anilines is 1. The van der Waals surface area contributed by atoms with E-state index in [4.69, 9.17) is 0 Å². The van der Waals surface area contributed by atoms with E-state index in [1.807, 2.05) is 0 Å². The number of carbonyl (C=O) groups excluding carboxylic acids is 3. The fraction of sp³-hybridized carbons (Fsp3) is 0.278. The Kier molecular flexibility index (Phi) is 4.42. The monoisotopic (exact) mass is 385 g/mol. The van der Waals surface area contributed by atoms with Crippen molar-refractivity contribution in [2.75, 3.05) is 5.32 Å². The third-order valence-corrected chi connectivity index (χ3v) is 4.68. The zero-order chi connectivity index (χ0) is 20.7. The van der Waals surface area contributed by atoms with Gasteiger partial charge in [-0.1, -0.05) is 12.1 Å². The van der Waals surface area contributed by atoms with Gasteiger partial charge in [0.2, 0.25) is 0 Å². The van der Waals surface area contributed by atoms with E-state index < -0.39 is 34.9 Å². The first-order chi connectivity index (χ1) is 13.0. The normalized spacial score (nSPS) is 19.1. The molecule has 1 atom stereocenters. The number of benzene rings is 1. The van der Waals surface area contributed by atoms with Crippen molar-refractivity contribution in [1.29, 1.82) is 0 Å². The summed E-state index contributed by atoms with van der Waals surface area (Å²) in [5.74, 6) is -2.04. The molecule has 10 heteroatoms. The summed E-state index contributed by atoms with van der Waals surface area (Å²) in [6.45, 7) is 4.51. The maximum absolute atomic E-state index is 12.6. The average Bonchev–Trinajstić information content (AvgIpc) is 3.20. The highest BCUT2D eigenvalue weighted by atomic mass is 16.4. The molecule has 1 saturated heterocycles. The summed E-state index contributed by atoms with van der Waals surface area (Å²) in [6, 6.07) is 5.70. The van der Waals surface area contributed by atoms with Gasteiger partial charge in [0.15, 0.2) is 5.54 Å². The van der Waals surface area contributed by atoms with Crippen LogP contribution in [0.25, 0.3) is 0 Å². The number of aromatic nitrogens is 2. The van der Waals surface area contributed by atoms with Gasteiger partial charge in [0.25, 0.3) is 11.8 Å². The number of carboxylic acids is 1. The Morgan fingerprint density at radius 3 is 2.61 bits per heavy atom. The van der Waals surface area contributed by atoms with E-state index in [-0.39, 0.29) is 5.56 Å². The van der Waals surface area contributed by atoms with Crippen LogP contribution in [-0.2, 0) is 20.7 Å². The van der Waals surface area contributed by atoms with E-state index in [9.17, 15) is 24.3 Å². The molecule has 0 saturated carbocycles. The molecule has 146 valence electrons. The smallest absolute Gasteiger partial charge is 0.331 e. The van der Waals surface area contributed by atoms with Crippen molar-refractivity contribution in [2.45, 2.75) is 31.8 Å². The quantitative estimate of drug-likeness (QED) is 0.566. The molecule has 3 rings (SSSR count). The number of urea groups is 1. The first-order valence-corrected chi connectivity index (χ1v) is 8.38. The Hall–Kier alpha value is -3.69. The highest BCUT2D eigenvalue weighted by Crippen LogP contribution is 2.25. The summed E-state index contributed by atoms with van der Waals surface area (Å²) in [5, 5.41) is 20.6. The van der Waals surface area contributed by atoms with Crippen LogP contribution in [0.5, 0.6) is 0 Å². The molecule has 1 fully saturated rings. The van der Waals surface area contributed by atoms with Crippen molar-refractivity contribution in [2.24, 2.45) is 0 Å². The van der Waals surface area contributed by atoms with Gasteiger partial charge in [-0.3, -0.25) is 19.6 Å². The second-order valence-electron chi connectivity index (χ2n) is 7.11. The second-order valence-corrected chi connectivity index (χ2v) is 7.11. The van der Waals surface area contributed by atoms with Crippen LogP contribution >= 0.6 is 0 Å². The molecule has 1 aliphatic rings. The van der Waals surface area contributed by atoms with Crippen LogP contribution in [0.3, 0.4) is 0 Å². The summed E-state index contributed by atoms with van der Waals surface area (Å²) in [5.41, 5.74) is -1.51. The standard InChI is InChI=1S/C18H19N5O5/c1-17(2,15(26)27)23-9-12(8-19-23)20-13(24)10-5-4-6-11(7-10)18(3)14(25)21-16(28)22-18/h4-9H,1-3H3,(H,20,24)(H,26,27)(H2,21,22,25,28). The van der Waals surface area contributed by atoms with Gasteiger partial charge in [-0.25, -0.2) is 9.59 Å². The van der Waals surface area contributed by atoms with E-state index in [0.29, 0.717) is 11.3 Å². The van der Waals surface area contributed by atoms with E-state index in [1.165, 1.54) is 37.0 Å². The molecule has 1 aromatic carbocycles. The van der Waals surface area contributed by atoms with Crippen molar-refractivity contribution in [3.63, 3.8) is 0 Å². The zero-order valence-corrected chi connectivity index (χ0v) is 15.4. The lowest BCUT2D eigenvalue weighted by molar-refractivity contribution is -0.146. The molecular formula is C18H19N5O5. The number of aliphatic carboxylic acids is 1. The first kappa shape index (κ1) is 19.1. The fourth-order valence-electron chi connectivity index (χ4n) is 2.71. The van der Waals surface area contributed by atoms with Crippen molar-refractivity contribution >= 4 is 29.5 Å². The number of hydrogen-bond acceptors (Lipinski definition) is 5. The summed E-state index contributed by atoms with van der Waals surface area (Å²) in [7, 11) is 0. The summed E-state index contributed by atoms with van der Waals surface area (Å²) in [6.07, 6.45) is 2.76. The first-order valence-electron chi connectivity index (χ1n) is 8.38. The molecular weight excluding hydrogens is 366 g/mol. The minimum atomic E-state index is -1.27. The van der Waals surface area contributed by atoms with Crippen LogP contribution in [-0.4, -0.2) is 38.7 Å². The number of imide groups is 1. The van der Waals surface area contributed by atoms with Gasteiger partial charge in [-0.15, -0.1) is 0 Å². The van der Waals surface area contributed by atoms with Crippen LogP contribution in [0.1, 0.15) is 36.7 Å². The number of nitrogens with one attached hydrogen (secondary N) is 3. The lowest BCUT2D eigenvalue weighted by Gasteiger charge is -2.21. The molecule has 2 aromatic rings. The van der Waals surface area contributed by atoms with Gasteiger partial charge in [0, 0.05) is 11.8 Å². The summed E-state index contributed by atoms with van der Waals surface area (Å²) < 4.78 is 1.24. The number of carbonyl (C=O) groups is 4. The molecule has 28 heavy (non-hydrogen) atoms. The average molecular weight is 385 g/mol. The van der Waals surface area contributed by atoms with Gasteiger partial charge < -0.3 is 15.7 Å². The second kappa shape index (κ2) is 6.48. The van der Waals surface area contributed by atoms with Gasteiger partial charge in [0.1, 0.15) is 5.54 Å². The number of amides is 4. The Morgan fingerprint density at radius 2 is 2.00 bits per heavy atom.